The second kappa shape index (κ2) is 7.23. The van der Waals surface area contributed by atoms with Crippen molar-refractivity contribution in [3.63, 3.8) is 0 Å². The van der Waals surface area contributed by atoms with Gasteiger partial charge in [-0.05, 0) is 44.1 Å². The zero-order valence-corrected chi connectivity index (χ0v) is 14.6. The highest BCUT2D eigenvalue weighted by molar-refractivity contribution is 7.89. The lowest BCUT2D eigenvalue weighted by molar-refractivity contribution is 0.247. The van der Waals surface area contributed by atoms with Gasteiger partial charge in [0.05, 0.1) is 5.75 Å². The van der Waals surface area contributed by atoms with Crippen LogP contribution in [0.25, 0.3) is 0 Å². The number of rotatable bonds is 6. The highest BCUT2D eigenvalue weighted by Gasteiger charge is 2.32. The molecule has 5 heteroatoms. The number of nitrogens with one attached hydrogen (secondary N) is 1. The first-order chi connectivity index (χ1) is 9.15. The molecule has 0 unspecified atom stereocenters. The standard InChI is InChI=1S/C15H32N2O2S/c1-6-11-16-13-7-9-14(10-8-13)17(5)20(18,19)12-15(2,3)4/h13-14,16H,6-12H2,1-5H3. The van der Waals surface area contributed by atoms with Crippen LogP contribution >= 0.6 is 0 Å². The van der Waals surface area contributed by atoms with Gasteiger partial charge in [-0.1, -0.05) is 27.7 Å². The summed E-state index contributed by atoms with van der Waals surface area (Å²) in [6, 6.07) is 0.756. The maximum atomic E-state index is 12.4. The molecule has 0 bridgehead atoms. The quantitative estimate of drug-likeness (QED) is 0.820. The topological polar surface area (TPSA) is 49.4 Å². The molecule has 1 fully saturated rings. The molecule has 1 saturated carbocycles. The molecule has 0 saturated heterocycles. The van der Waals surface area contributed by atoms with Gasteiger partial charge in [0, 0.05) is 19.1 Å². The highest BCUT2D eigenvalue weighted by atomic mass is 32.2. The first-order valence-corrected chi connectivity index (χ1v) is 9.46. The molecule has 0 atom stereocenters. The van der Waals surface area contributed by atoms with E-state index in [1.165, 1.54) is 0 Å². The van der Waals surface area contributed by atoms with Gasteiger partial charge in [-0.2, -0.15) is 0 Å². The van der Waals surface area contributed by atoms with Crippen LogP contribution in [0.1, 0.15) is 59.8 Å². The average Bonchev–Trinajstić information content (AvgIpc) is 2.33. The molecule has 1 aliphatic rings. The Morgan fingerprint density at radius 3 is 2.15 bits per heavy atom. The monoisotopic (exact) mass is 304 g/mol. The Balaban J connectivity index is 2.52. The summed E-state index contributed by atoms with van der Waals surface area (Å²) in [5.41, 5.74) is -0.188. The molecule has 1 aliphatic carbocycles. The van der Waals surface area contributed by atoms with Gasteiger partial charge in [0.25, 0.3) is 0 Å². The summed E-state index contributed by atoms with van der Waals surface area (Å²) in [6.45, 7) is 9.16. The summed E-state index contributed by atoms with van der Waals surface area (Å²) in [5, 5.41) is 3.54. The molecule has 20 heavy (non-hydrogen) atoms. The van der Waals surface area contributed by atoms with Gasteiger partial charge in [0.1, 0.15) is 0 Å². The molecule has 0 amide bonds. The van der Waals surface area contributed by atoms with E-state index < -0.39 is 10.0 Å². The Hall–Kier alpha value is -0.130. The van der Waals surface area contributed by atoms with E-state index in [0.29, 0.717) is 6.04 Å². The minimum atomic E-state index is -3.14. The number of sulfonamides is 1. The third-order valence-electron chi connectivity index (χ3n) is 3.95. The Labute approximate surface area is 125 Å². The predicted octanol–water partition coefficient (Wildman–Crippen LogP) is 2.60. The number of nitrogens with zero attached hydrogens (tertiary/aromatic N) is 1. The van der Waals surface area contributed by atoms with E-state index in [2.05, 4.69) is 12.2 Å². The second-order valence-electron chi connectivity index (χ2n) is 7.29. The normalized spacial score (nSPS) is 25.1. The van der Waals surface area contributed by atoms with Crippen LogP contribution in [0.5, 0.6) is 0 Å². The van der Waals surface area contributed by atoms with Crippen molar-refractivity contribution in [3.05, 3.63) is 0 Å². The van der Waals surface area contributed by atoms with Crippen molar-refractivity contribution in [2.24, 2.45) is 5.41 Å². The molecule has 1 rings (SSSR count). The summed E-state index contributed by atoms with van der Waals surface area (Å²) >= 11 is 0. The molecule has 4 nitrogen and oxygen atoms in total. The van der Waals surface area contributed by atoms with Gasteiger partial charge >= 0.3 is 0 Å². The fourth-order valence-electron chi connectivity index (χ4n) is 2.87. The van der Waals surface area contributed by atoms with Crippen LogP contribution in [0.15, 0.2) is 0 Å². The van der Waals surface area contributed by atoms with E-state index in [1.807, 2.05) is 20.8 Å². The van der Waals surface area contributed by atoms with Crippen molar-refractivity contribution in [2.45, 2.75) is 71.9 Å². The Bertz CT molecular complexity index is 379. The summed E-state index contributed by atoms with van der Waals surface area (Å²) in [5.74, 6) is 0.227. The predicted molar refractivity (Wildman–Crippen MR) is 85.3 cm³/mol. The molecule has 0 aromatic rings. The lowest BCUT2D eigenvalue weighted by Crippen LogP contribution is -2.45. The van der Waals surface area contributed by atoms with Gasteiger partial charge in [0.2, 0.25) is 10.0 Å². The second-order valence-corrected chi connectivity index (χ2v) is 9.32. The van der Waals surface area contributed by atoms with Gasteiger partial charge in [-0.25, -0.2) is 12.7 Å². The highest BCUT2D eigenvalue weighted by Crippen LogP contribution is 2.26. The SMILES string of the molecule is CCCNC1CCC(N(C)S(=O)(=O)CC(C)(C)C)CC1. The number of hydrogen-bond acceptors (Lipinski definition) is 3. The number of hydrogen-bond donors (Lipinski definition) is 1. The third kappa shape index (κ3) is 5.70. The van der Waals surface area contributed by atoms with Gasteiger partial charge in [-0.3, -0.25) is 0 Å². The third-order valence-corrected chi connectivity index (χ3v) is 6.35. The Morgan fingerprint density at radius 1 is 1.15 bits per heavy atom. The fraction of sp³-hybridized carbons (Fsp3) is 1.00. The zero-order valence-electron chi connectivity index (χ0n) is 13.8. The van der Waals surface area contributed by atoms with Crippen LogP contribution in [-0.4, -0.2) is 44.2 Å². The average molecular weight is 305 g/mol. The fourth-order valence-corrected chi connectivity index (χ4v) is 4.83. The van der Waals surface area contributed by atoms with E-state index in [4.69, 9.17) is 0 Å². The molecular formula is C15H32N2O2S. The molecule has 0 aromatic heterocycles. The van der Waals surface area contributed by atoms with Crippen LogP contribution in [0, 0.1) is 5.41 Å². The summed E-state index contributed by atoms with van der Waals surface area (Å²) in [6.07, 6.45) is 5.27. The Morgan fingerprint density at radius 2 is 1.70 bits per heavy atom. The first kappa shape index (κ1) is 17.9. The van der Waals surface area contributed by atoms with Crippen molar-refractivity contribution in [1.29, 1.82) is 0 Å². The van der Waals surface area contributed by atoms with E-state index >= 15 is 0 Å². The van der Waals surface area contributed by atoms with Crippen LogP contribution < -0.4 is 5.32 Å². The largest absolute Gasteiger partial charge is 0.314 e. The van der Waals surface area contributed by atoms with Crippen LogP contribution in [-0.2, 0) is 10.0 Å². The maximum absolute atomic E-state index is 12.4. The van der Waals surface area contributed by atoms with Crippen molar-refractivity contribution in [2.75, 3.05) is 19.3 Å². The van der Waals surface area contributed by atoms with Crippen LogP contribution in [0.3, 0.4) is 0 Å². The molecule has 1 N–H and O–H groups in total. The van der Waals surface area contributed by atoms with Gasteiger partial charge in [0.15, 0.2) is 0 Å². The van der Waals surface area contributed by atoms with Crippen LogP contribution in [0.4, 0.5) is 0 Å². The van der Waals surface area contributed by atoms with E-state index in [0.717, 1.165) is 38.6 Å². The van der Waals surface area contributed by atoms with Crippen LogP contribution in [0.2, 0.25) is 0 Å². The van der Waals surface area contributed by atoms with E-state index in [-0.39, 0.29) is 17.2 Å². The lowest BCUT2D eigenvalue weighted by Gasteiger charge is -2.35. The van der Waals surface area contributed by atoms with Crippen molar-refractivity contribution in [3.8, 4) is 0 Å². The van der Waals surface area contributed by atoms with Crippen molar-refractivity contribution >= 4 is 10.0 Å². The lowest BCUT2D eigenvalue weighted by atomic mass is 9.91. The minimum Gasteiger partial charge on any atom is -0.314 e. The molecule has 0 aliphatic heterocycles. The summed E-state index contributed by atoms with van der Waals surface area (Å²) in [7, 11) is -1.38. The summed E-state index contributed by atoms with van der Waals surface area (Å²) < 4.78 is 26.5. The first-order valence-electron chi connectivity index (χ1n) is 7.85. The maximum Gasteiger partial charge on any atom is 0.214 e. The van der Waals surface area contributed by atoms with E-state index in [1.54, 1.807) is 11.4 Å². The minimum absolute atomic E-state index is 0.182. The van der Waals surface area contributed by atoms with Crippen molar-refractivity contribution in [1.82, 2.24) is 9.62 Å². The molecule has 0 heterocycles. The van der Waals surface area contributed by atoms with Crippen molar-refractivity contribution < 1.29 is 8.42 Å². The van der Waals surface area contributed by atoms with Gasteiger partial charge in [-0.15, -0.1) is 0 Å². The van der Waals surface area contributed by atoms with E-state index in [9.17, 15) is 8.42 Å². The molecule has 120 valence electrons. The zero-order chi connectivity index (χ0) is 15.4. The molecular weight excluding hydrogens is 272 g/mol. The molecule has 0 radical (unpaired) electrons. The van der Waals surface area contributed by atoms with Gasteiger partial charge < -0.3 is 5.32 Å². The molecule has 0 aromatic carbocycles. The smallest absolute Gasteiger partial charge is 0.214 e. The Kier molecular flexibility index (Phi) is 6.48. The summed E-state index contributed by atoms with van der Waals surface area (Å²) in [4.78, 5) is 0. The molecule has 0 spiro atoms.